The van der Waals surface area contributed by atoms with E-state index in [4.69, 9.17) is 0 Å². The minimum atomic E-state index is -0.314. The maximum atomic E-state index is 12.8. The van der Waals surface area contributed by atoms with Gasteiger partial charge in [-0.3, -0.25) is 4.79 Å². The summed E-state index contributed by atoms with van der Waals surface area (Å²) in [6, 6.07) is 12.0. The first kappa shape index (κ1) is 13.5. The molecule has 0 aromatic heterocycles. The fourth-order valence-electron chi connectivity index (χ4n) is 2.15. The van der Waals surface area contributed by atoms with Crippen LogP contribution in [0.4, 0.5) is 4.39 Å². The van der Waals surface area contributed by atoms with E-state index < -0.39 is 0 Å². The summed E-state index contributed by atoms with van der Waals surface area (Å²) >= 11 is 0. The highest BCUT2D eigenvalue weighted by atomic mass is 19.1. The van der Waals surface area contributed by atoms with E-state index in [9.17, 15) is 9.18 Å². The van der Waals surface area contributed by atoms with Crippen molar-refractivity contribution in [1.82, 2.24) is 0 Å². The molecule has 0 atom stereocenters. The standard InChI is InChI=1S/C17H17FO/c1-12-3-4-14(13(2)11-12)7-10-17(19)15-5-8-16(18)9-6-15/h3-6,8-9,11H,7,10H2,1-2H3. The van der Waals surface area contributed by atoms with Crippen LogP contribution in [0.2, 0.25) is 0 Å². The van der Waals surface area contributed by atoms with Crippen LogP contribution in [0.1, 0.15) is 33.5 Å². The highest BCUT2D eigenvalue weighted by Crippen LogP contribution is 2.14. The van der Waals surface area contributed by atoms with Crippen LogP contribution >= 0.6 is 0 Å². The lowest BCUT2D eigenvalue weighted by Gasteiger charge is -2.06. The fourth-order valence-corrected chi connectivity index (χ4v) is 2.15. The number of ketones is 1. The molecule has 1 nitrogen and oxygen atoms in total. The van der Waals surface area contributed by atoms with Gasteiger partial charge in [0.25, 0.3) is 0 Å². The molecule has 0 heterocycles. The predicted molar refractivity (Wildman–Crippen MR) is 75.0 cm³/mol. The third-order valence-corrected chi connectivity index (χ3v) is 3.29. The summed E-state index contributed by atoms with van der Waals surface area (Å²) < 4.78 is 12.8. The molecule has 0 unspecified atom stereocenters. The Morgan fingerprint density at radius 2 is 1.74 bits per heavy atom. The normalized spacial score (nSPS) is 10.5. The molecule has 19 heavy (non-hydrogen) atoms. The molecule has 2 aromatic carbocycles. The third kappa shape index (κ3) is 3.50. The molecule has 0 N–H and O–H groups in total. The summed E-state index contributed by atoms with van der Waals surface area (Å²) in [5, 5.41) is 0. The van der Waals surface area contributed by atoms with Gasteiger partial charge in [-0.2, -0.15) is 0 Å². The number of rotatable bonds is 4. The molecule has 0 aliphatic heterocycles. The molecule has 2 heteroatoms. The lowest BCUT2D eigenvalue weighted by Crippen LogP contribution is -2.02. The van der Waals surface area contributed by atoms with E-state index in [0.717, 1.165) is 6.42 Å². The SMILES string of the molecule is Cc1ccc(CCC(=O)c2ccc(F)cc2)c(C)c1. The van der Waals surface area contributed by atoms with E-state index >= 15 is 0 Å². The van der Waals surface area contributed by atoms with Gasteiger partial charge in [0.15, 0.2) is 5.78 Å². The van der Waals surface area contributed by atoms with E-state index in [0.29, 0.717) is 12.0 Å². The van der Waals surface area contributed by atoms with Crippen LogP contribution in [-0.4, -0.2) is 5.78 Å². The number of Topliss-reactive ketones (excluding diaryl/α,β-unsaturated/α-hetero) is 1. The maximum absolute atomic E-state index is 12.8. The Kier molecular flexibility index (Phi) is 4.10. The molecule has 0 spiro atoms. The highest BCUT2D eigenvalue weighted by molar-refractivity contribution is 5.96. The Labute approximate surface area is 113 Å². The van der Waals surface area contributed by atoms with Crippen LogP contribution in [0.5, 0.6) is 0 Å². The van der Waals surface area contributed by atoms with Gasteiger partial charge < -0.3 is 0 Å². The predicted octanol–water partition coefficient (Wildman–Crippen LogP) is 4.26. The van der Waals surface area contributed by atoms with Gasteiger partial charge >= 0.3 is 0 Å². The molecule has 0 aliphatic rings. The van der Waals surface area contributed by atoms with Crippen molar-refractivity contribution < 1.29 is 9.18 Å². The zero-order valence-electron chi connectivity index (χ0n) is 11.2. The van der Waals surface area contributed by atoms with Crippen molar-refractivity contribution in [2.24, 2.45) is 0 Å². The van der Waals surface area contributed by atoms with Gasteiger partial charge in [-0.1, -0.05) is 23.8 Å². The first-order chi connectivity index (χ1) is 9.06. The van der Waals surface area contributed by atoms with E-state index in [1.807, 2.05) is 0 Å². The largest absolute Gasteiger partial charge is 0.294 e. The monoisotopic (exact) mass is 256 g/mol. The highest BCUT2D eigenvalue weighted by Gasteiger charge is 2.07. The Balaban J connectivity index is 2.02. The quantitative estimate of drug-likeness (QED) is 0.747. The van der Waals surface area contributed by atoms with Gasteiger partial charge in [0.1, 0.15) is 5.82 Å². The molecule has 2 aromatic rings. The van der Waals surface area contributed by atoms with Crippen LogP contribution in [-0.2, 0) is 6.42 Å². The molecular weight excluding hydrogens is 239 g/mol. The minimum Gasteiger partial charge on any atom is -0.294 e. The van der Waals surface area contributed by atoms with Crippen molar-refractivity contribution in [3.05, 3.63) is 70.5 Å². The molecule has 2 rings (SSSR count). The lowest BCUT2D eigenvalue weighted by molar-refractivity contribution is 0.0983. The molecule has 0 fully saturated rings. The van der Waals surface area contributed by atoms with Gasteiger partial charge in [-0.15, -0.1) is 0 Å². The molecule has 98 valence electrons. The van der Waals surface area contributed by atoms with Crippen molar-refractivity contribution in [3.8, 4) is 0 Å². The third-order valence-electron chi connectivity index (χ3n) is 3.29. The first-order valence-corrected chi connectivity index (χ1v) is 6.41. The summed E-state index contributed by atoms with van der Waals surface area (Å²) in [4.78, 5) is 12.0. The van der Waals surface area contributed by atoms with Crippen LogP contribution in [0, 0.1) is 19.7 Å². The number of benzene rings is 2. The van der Waals surface area contributed by atoms with Crippen LogP contribution in [0.25, 0.3) is 0 Å². The number of hydrogen-bond donors (Lipinski definition) is 0. The van der Waals surface area contributed by atoms with Gasteiger partial charge in [0, 0.05) is 12.0 Å². The van der Waals surface area contributed by atoms with E-state index in [-0.39, 0.29) is 11.6 Å². The second kappa shape index (κ2) is 5.79. The first-order valence-electron chi connectivity index (χ1n) is 6.41. The van der Waals surface area contributed by atoms with Gasteiger partial charge in [-0.05, 0) is 55.7 Å². The Hall–Kier alpha value is -1.96. The summed E-state index contributed by atoms with van der Waals surface area (Å²) in [7, 11) is 0. The zero-order valence-corrected chi connectivity index (χ0v) is 11.2. The van der Waals surface area contributed by atoms with Crippen LogP contribution < -0.4 is 0 Å². The number of hydrogen-bond acceptors (Lipinski definition) is 1. The van der Waals surface area contributed by atoms with Crippen molar-refractivity contribution in [2.75, 3.05) is 0 Å². The smallest absolute Gasteiger partial charge is 0.163 e. The topological polar surface area (TPSA) is 17.1 Å². The van der Waals surface area contributed by atoms with Crippen molar-refractivity contribution in [3.63, 3.8) is 0 Å². The van der Waals surface area contributed by atoms with Gasteiger partial charge in [0.2, 0.25) is 0 Å². The minimum absolute atomic E-state index is 0.0555. The lowest BCUT2D eigenvalue weighted by atomic mass is 9.98. The van der Waals surface area contributed by atoms with Crippen LogP contribution in [0.15, 0.2) is 42.5 Å². The van der Waals surface area contributed by atoms with Crippen molar-refractivity contribution in [1.29, 1.82) is 0 Å². The molecule has 0 amide bonds. The summed E-state index contributed by atoms with van der Waals surface area (Å²) in [5.74, 6) is -0.258. The molecule has 0 saturated carbocycles. The molecule has 0 bridgehead atoms. The average molecular weight is 256 g/mol. The van der Waals surface area contributed by atoms with Crippen molar-refractivity contribution in [2.45, 2.75) is 26.7 Å². The second-order valence-corrected chi connectivity index (χ2v) is 4.86. The van der Waals surface area contributed by atoms with E-state index in [1.165, 1.54) is 28.8 Å². The Bertz CT molecular complexity index is 585. The molecule has 0 saturated heterocycles. The number of carbonyl (C=O) groups excluding carboxylic acids is 1. The summed E-state index contributed by atoms with van der Waals surface area (Å²) in [6.45, 7) is 4.12. The average Bonchev–Trinajstić information content (AvgIpc) is 2.38. The Morgan fingerprint density at radius 1 is 1.05 bits per heavy atom. The van der Waals surface area contributed by atoms with E-state index in [1.54, 1.807) is 12.1 Å². The van der Waals surface area contributed by atoms with Gasteiger partial charge in [0.05, 0.1) is 0 Å². The fraction of sp³-hybridized carbons (Fsp3) is 0.235. The summed E-state index contributed by atoms with van der Waals surface area (Å²) in [6.07, 6.45) is 1.18. The van der Waals surface area contributed by atoms with Crippen molar-refractivity contribution >= 4 is 5.78 Å². The maximum Gasteiger partial charge on any atom is 0.163 e. The van der Waals surface area contributed by atoms with E-state index in [2.05, 4.69) is 32.0 Å². The molecule has 0 aliphatic carbocycles. The number of halogens is 1. The molecule has 0 radical (unpaired) electrons. The Morgan fingerprint density at radius 3 is 2.37 bits per heavy atom. The zero-order chi connectivity index (χ0) is 13.8. The van der Waals surface area contributed by atoms with Gasteiger partial charge in [-0.25, -0.2) is 4.39 Å². The second-order valence-electron chi connectivity index (χ2n) is 4.86. The number of carbonyl (C=O) groups is 1. The molecular formula is C17H17FO. The number of aryl methyl sites for hydroxylation is 3. The summed E-state index contributed by atoms with van der Waals surface area (Å²) in [5.41, 5.74) is 4.21. The van der Waals surface area contributed by atoms with Crippen LogP contribution in [0.3, 0.4) is 0 Å².